The maximum absolute atomic E-state index is 9.09. The fourth-order valence-electron chi connectivity index (χ4n) is 0.680. The Morgan fingerprint density at radius 3 is 2.45 bits per heavy atom. The van der Waals surface area contributed by atoms with Crippen LogP contribution in [-0.4, -0.2) is 5.11 Å². The van der Waals surface area contributed by atoms with Gasteiger partial charge in [0.15, 0.2) is 0 Å². The molecule has 0 aliphatic carbocycles. The van der Waals surface area contributed by atoms with Crippen LogP contribution in [-0.2, 0) is 5.33 Å². The van der Waals surface area contributed by atoms with Crippen LogP contribution in [0.2, 0.25) is 10.0 Å². The summed E-state index contributed by atoms with van der Waals surface area (Å²) in [6.45, 7) is 0. The molecule has 0 aliphatic heterocycles. The van der Waals surface area contributed by atoms with Crippen molar-refractivity contribution >= 4 is 39.1 Å². The molecule has 1 nitrogen and oxygen atoms in total. The maximum Gasteiger partial charge on any atom is 0.135 e. The average Bonchev–Trinajstić information content (AvgIpc) is 1.97. The lowest BCUT2D eigenvalue weighted by Crippen LogP contribution is -1.79. The zero-order chi connectivity index (χ0) is 8.43. The smallest absolute Gasteiger partial charge is 0.135 e. The summed E-state index contributed by atoms with van der Waals surface area (Å²) in [6.07, 6.45) is 0. The highest BCUT2D eigenvalue weighted by atomic mass is 79.9. The lowest BCUT2D eigenvalue weighted by Gasteiger charge is -2.01. The van der Waals surface area contributed by atoms with Gasteiger partial charge in [-0.1, -0.05) is 39.1 Å². The molecule has 0 bridgehead atoms. The van der Waals surface area contributed by atoms with Gasteiger partial charge in [-0.25, -0.2) is 0 Å². The third kappa shape index (κ3) is 2.01. The molecular weight excluding hydrogens is 251 g/mol. The first-order valence-corrected chi connectivity index (χ1v) is 4.75. The monoisotopic (exact) mass is 254 g/mol. The molecule has 1 rings (SSSR count). The molecule has 0 saturated heterocycles. The highest BCUT2D eigenvalue weighted by Crippen LogP contribution is 2.30. The Kier molecular flexibility index (Phi) is 3.05. The number of hydrogen-bond acceptors (Lipinski definition) is 1. The largest absolute Gasteiger partial charge is 0.506 e. The quantitative estimate of drug-likeness (QED) is 0.761. The number of alkyl halides is 1. The Morgan fingerprint density at radius 2 is 1.91 bits per heavy atom. The molecule has 0 heterocycles. The van der Waals surface area contributed by atoms with Gasteiger partial charge in [0.25, 0.3) is 0 Å². The molecule has 0 amide bonds. The van der Waals surface area contributed by atoms with E-state index in [9.17, 15) is 0 Å². The average molecular weight is 256 g/mol. The van der Waals surface area contributed by atoms with Gasteiger partial charge in [0.1, 0.15) is 5.75 Å². The molecule has 0 spiro atoms. The first kappa shape index (κ1) is 9.17. The second-order valence-corrected chi connectivity index (χ2v) is 3.40. The molecule has 60 valence electrons. The molecule has 0 aliphatic rings. The van der Waals surface area contributed by atoms with Crippen LogP contribution in [0.3, 0.4) is 0 Å². The van der Waals surface area contributed by atoms with Gasteiger partial charge in [-0.2, -0.15) is 0 Å². The minimum absolute atomic E-state index is 0.0152. The van der Waals surface area contributed by atoms with Crippen molar-refractivity contribution in [3.8, 4) is 5.75 Å². The molecule has 1 aromatic carbocycles. The van der Waals surface area contributed by atoms with Crippen molar-refractivity contribution in [2.24, 2.45) is 0 Å². The molecule has 1 N–H and O–H groups in total. The van der Waals surface area contributed by atoms with Crippen molar-refractivity contribution in [3.05, 3.63) is 27.7 Å². The number of hydrogen-bond donors (Lipinski definition) is 1. The van der Waals surface area contributed by atoms with Crippen LogP contribution >= 0.6 is 39.1 Å². The third-order valence-electron chi connectivity index (χ3n) is 1.26. The van der Waals surface area contributed by atoms with Crippen molar-refractivity contribution in [3.63, 3.8) is 0 Å². The SMILES string of the molecule is Oc1cc(Cl)c(CBr)cc1Cl. The van der Waals surface area contributed by atoms with E-state index in [0.29, 0.717) is 15.4 Å². The fraction of sp³-hybridized carbons (Fsp3) is 0.143. The van der Waals surface area contributed by atoms with Crippen molar-refractivity contribution in [2.75, 3.05) is 0 Å². The van der Waals surface area contributed by atoms with Crippen molar-refractivity contribution in [1.82, 2.24) is 0 Å². The highest BCUT2D eigenvalue weighted by Gasteiger charge is 2.04. The van der Waals surface area contributed by atoms with Gasteiger partial charge in [0.2, 0.25) is 0 Å². The Balaban J connectivity index is 3.21. The number of phenolic OH excluding ortho intramolecular Hbond substituents is 1. The fourth-order valence-corrected chi connectivity index (χ4v) is 1.72. The Bertz CT molecular complexity index is 275. The lowest BCUT2D eigenvalue weighted by molar-refractivity contribution is 0.475. The van der Waals surface area contributed by atoms with Crippen molar-refractivity contribution < 1.29 is 5.11 Å². The summed E-state index contributed by atoms with van der Waals surface area (Å²) < 4.78 is 0. The third-order valence-corrected chi connectivity index (χ3v) is 2.52. The summed E-state index contributed by atoms with van der Waals surface area (Å²) >= 11 is 14.6. The van der Waals surface area contributed by atoms with E-state index in [1.807, 2.05) is 0 Å². The number of benzene rings is 1. The molecule has 0 atom stereocenters. The summed E-state index contributed by atoms with van der Waals surface area (Å²) in [5, 5.41) is 10.6. The summed E-state index contributed by atoms with van der Waals surface area (Å²) in [6, 6.07) is 3.06. The zero-order valence-electron chi connectivity index (χ0n) is 5.44. The van der Waals surface area contributed by atoms with E-state index < -0.39 is 0 Å². The van der Waals surface area contributed by atoms with Crippen LogP contribution in [0.4, 0.5) is 0 Å². The second-order valence-electron chi connectivity index (χ2n) is 2.03. The normalized spacial score (nSPS) is 10.1. The molecule has 0 unspecified atom stereocenters. The Morgan fingerprint density at radius 1 is 1.27 bits per heavy atom. The van der Waals surface area contributed by atoms with Gasteiger partial charge >= 0.3 is 0 Å². The summed E-state index contributed by atoms with van der Waals surface area (Å²) in [4.78, 5) is 0. The van der Waals surface area contributed by atoms with Crippen LogP contribution in [0.5, 0.6) is 5.75 Å². The van der Waals surface area contributed by atoms with E-state index >= 15 is 0 Å². The molecule has 1 aromatic rings. The van der Waals surface area contributed by atoms with Crippen LogP contribution < -0.4 is 0 Å². The summed E-state index contributed by atoms with van der Waals surface area (Å²) in [7, 11) is 0. The number of rotatable bonds is 1. The Labute approximate surface area is 83.1 Å². The first-order chi connectivity index (χ1) is 5.15. The van der Waals surface area contributed by atoms with Crippen molar-refractivity contribution in [2.45, 2.75) is 5.33 Å². The highest BCUT2D eigenvalue weighted by molar-refractivity contribution is 9.08. The van der Waals surface area contributed by atoms with Crippen LogP contribution in [0, 0.1) is 0 Å². The first-order valence-electron chi connectivity index (χ1n) is 2.88. The van der Waals surface area contributed by atoms with Gasteiger partial charge in [-0.3, -0.25) is 0 Å². The molecule has 4 heteroatoms. The minimum atomic E-state index is 0.0152. The van der Waals surface area contributed by atoms with E-state index in [1.165, 1.54) is 6.07 Å². The van der Waals surface area contributed by atoms with E-state index in [-0.39, 0.29) is 5.75 Å². The van der Waals surface area contributed by atoms with E-state index in [1.54, 1.807) is 6.07 Å². The van der Waals surface area contributed by atoms with Crippen LogP contribution in [0.25, 0.3) is 0 Å². The van der Waals surface area contributed by atoms with Gasteiger partial charge in [0.05, 0.1) is 5.02 Å². The van der Waals surface area contributed by atoms with Gasteiger partial charge < -0.3 is 5.11 Å². The van der Waals surface area contributed by atoms with Crippen LogP contribution in [0.15, 0.2) is 12.1 Å². The summed E-state index contributed by atoms with van der Waals surface area (Å²) in [5.41, 5.74) is 0.870. The topological polar surface area (TPSA) is 20.2 Å². The number of aromatic hydroxyl groups is 1. The number of halogens is 3. The van der Waals surface area contributed by atoms with Gasteiger partial charge in [0, 0.05) is 16.4 Å². The number of phenols is 1. The van der Waals surface area contributed by atoms with Crippen LogP contribution in [0.1, 0.15) is 5.56 Å². The molecular formula is C7H5BrCl2O. The Hall–Kier alpha value is 0.0800. The zero-order valence-corrected chi connectivity index (χ0v) is 8.54. The molecule has 0 saturated carbocycles. The molecule has 0 fully saturated rings. The standard InChI is InChI=1S/C7H5BrCl2O/c8-3-4-1-6(10)7(11)2-5(4)9/h1-2,11H,3H2. The van der Waals surface area contributed by atoms with Gasteiger partial charge in [-0.05, 0) is 11.6 Å². The predicted molar refractivity (Wildman–Crippen MR) is 50.8 cm³/mol. The summed E-state index contributed by atoms with van der Waals surface area (Å²) in [5.74, 6) is 0.0152. The van der Waals surface area contributed by atoms with E-state index in [4.69, 9.17) is 28.3 Å². The second kappa shape index (κ2) is 3.65. The minimum Gasteiger partial charge on any atom is -0.506 e. The van der Waals surface area contributed by atoms with Gasteiger partial charge in [-0.15, -0.1) is 0 Å². The van der Waals surface area contributed by atoms with Crippen molar-refractivity contribution in [1.29, 1.82) is 0 Å². The maximum atomic E-state index is 9.09. The molecule has 0 radical (unpaired) electrons. The molecule has 0 aromatic heterocycles. The predicted octanol–water partition coefficient (Wildman–Crippen LogP) is 3.59. The lowest BCUT2D eigenvalue weighted by atomic mass is 10.2. The molecule has 11 heavy (non-hydrogen) atoms. The van der Waals surface area contributed by atoms with E-state index in [0.717, 1.165) is 5.56 Å². The van der Waals surface area contributed by atoms with E-state index in [2.05, 4.69) is 15.9 Å².